The van der Waals surface area contributed by atoms with Crippen molar-refractivity contribution in [2.45, 2.75) is 32.4 Å². The second-order valence-corrected chi connectivity index (χ2v) is 6.99. The zero-order valence-corrected chi connectivity index (χ0v) is 14.5. The number of nitrogens with two attached hydrogens (primary N) is 1. The van der Waals surface area contributed by atoms with E-state index in [2.05, 4.69) is 44.0 Å². The first kappa shape index (κ1) is 15.7. The van der Waals surface area contributed by atoms with Gasteiger partial charge in [0.2, 0.25) is 5.28 Å². The highest BCUT2D eigenvalue weighted by molar-refractivity contribution is 6.28. The Morgan fingerprint density at radius 1 is 0.958 bits per heavy atom. The van der Waals surface area contributed by atoms with E-state index in [9.17, 15) is 0 Å². The van der Waals surface area contributed by atoms with Gasteiger partial charge in [-0.05, 0) is 55.1 Å². The summed E-state index contributed by atoms with van der Waals surface area (Å²) in [6.45, 7) is 5.25. The number of likely N-dealkylation sites (tertiary alicyclic amines) is 1. The SMILES string of the molecule is Nc1nc(Cl)nc2c1CCN2Cc1ccc(CN2CCCC2)cc1. The summed E-state index contributed by atoms with van der Waals surface area (Å²) in [5, 5.41) is 0.221. The van der Waals surface area contributed by atoms with Crippen molar-refractivity contribution in [2.24, 2.45) is 0 Å². The number of fused-ring (bicyclic) bond motifs is 1. The van der Waals surface area contributed by atoms with Gasteiger partial charge >= 0.3 is 0 Å². The minimum Gasteiger partial charge on any atom is -0.383 e. The van der Waals surface area contributed by atoms with Crippen molar-refractivity contribution in [3.8, 4) is 0 Å². The average Bonchev–Trinajstić information content (AvgIpc) is 3.20. The fourth-order valence-corrected chi connectivity index (χ4v) is 3.81. The summed E-state index contributed by atoms with van der Waals surface area (Å²) in [7, 11) is 0. The molecule has 0 amide bonds. The molecule has 1 saturated heterocycles. The lowest BCUT2D eigenvalue weighted by molar-refractivity contribution is 0.331. The van der Waals surface area contributed by atoms with Crippen molar-refractivity contribution < 1.29 is 0 Å². The highest BCUT2D eigenvalue weighted by Crippen LogP contribution is 2.31. The van der Waals surface area contributed by atoms with Crippen LogP contribution in [0.1, 0.15) is 29.5 Å². The second-order valence-electron chi connectivity index (χ2n) is 6.65. The van der Waals surface area contributed by atoms with Gasteiger partial charge in [-0.1, -0.05) is 24.3 Å². The predicted molar refractivity (Wildman–Crippen MR) is 97.2 cm³/mol. The highest BCUT2D eigenvalue weighted by Gasteiger charge is 2.24. The van der Waals surface area contributed by atoms with Crippen molar-refractivity contribution >= 4 is 23.2 Å². The summed E-state index contributed by atoms with van der Waals surface area (Å²) in [5.41, 5.74) is 9.64. The second kappa shape index (κ2) is 6.57. The van der Waals surface area contributed by atoms with Crippen LogP contribution >= 0.6 is 11.6 Å². The minimum absolute atomic E-state index is 0.221. The number of benzene rings is 1. The first-order chi connectivity index (χ1) is 11.7. The number of rotatable bonds is 4. The molecule has 0 atom stereocenters. The highest BCUT2D eigenvalue weighted by atomic mass is 35.5. The molecule has 1 fully saturated rings. The first-order valence-electron chi connectivity index (χ1n) is 8.56. The van der Waals surface area contributed by atoms with Crippen molar-refractivity contribution in [1.82, 2.24) is 14.9 Å². The lowest BCUT2D eigenvalue weighted by Crippen LogP contribution is -2.21. The van der Waals surface area contributed by atoms with E-state index in [-0.39, 0.29) is 5.28 Å². The Labute approximate surface area is 147 Å². The topological polar surface area (TPSA) is 58.3 Å². The van der Waals surface area contributed by atoms with Gasteiger partial charge < -0.3 is 10.6 Å². The van der Waals surface area contributed by atoms with Crippen LogP contribution in [0.2, 0.25) is 5.28 Å². The van der Waals surface area contributed by atoms with Gasteiger partial charge in [0.15, 0.2) is 0 Å². The normalized spacial score (nSPS) is 17.5. The Morgan fingerprint density at radius 2 is 1.62 bits per heavy atom. The number of nitrogen functional groups attached to an aromatic ring is 1. The molecule has 126 valence electrons. The zero-order valence-electron chi connectivity index (χ0n) is 13.7. The summed E-state index contributed by atoms with van der Waals surface area (Å²) < 4.78 is 0. The number of anilines is 2. The monoisotopic (exact) mass is 343 g/mol. The maximum absolute atomic E-state index is 5.97. The molecule has 6 heteroatoms. The van der Waals surface area contributed by atoms with Gasteiger partial charge in [-0.15, -0.1) is 0 Å². The van der Waals surface area contributed by atoms with Crippen LogP contribution in [0.3, 0.4) is 0 Å². The van der Waals surface area contributed by atoms with Crippen LogP contribution in [0.5, 0.6) is 0 Å². The fraction of sp³-hybridized carbons (Fsp3) is 0.444. The van der Waals surface area contributed by atoms with Crippen molar-refractivity contribution in [2.75, 3.05) is 30.3 Å². The molecule has 1 aromatic heterocycles. The Kier molecular flexibility index (Phi) is 4.29. The van der Waals surface area contributed by atoms with E-state index in [1.807, 2.05) is 0 Å². The summed E-state index contributed by atoms with van der Waals surface area (Å²) in [4.78, 5) is 13.2. The van der Waals surface area contributed by atoms with Gasteiger partial charge in [-0.2, -0.15) is 0 Å². The van der Waals surface area contributed by atoms with Crippen LogP contribution in [0.25, 0.3) is 0 Å². The summed E-state index contributed by atoms with van der Waals surface area (Å²) in [6, 6.07) is 8.92. The quantitative estimate of drug-likeness (QED) is 0.865. The Balaban J connectivity index is 1.45. The van der Waals surface area contributed by atoms with Crippen LogP contribution in [-0.2, 0) is 19.5 Å². The van der Waals surface area contributed by atoms with Crippen LogP contribution in [0, 0.1) is 0 Å². The van der Waals surface area contributed by atoms with E-state index in [0.29, 0.717) is 5.82 Å². The van der Waals surface area contributed by atoms with Crippen molar-refractivity contribution in [3.05, 3.63) is 46.2 Å². The largest absolute Gasteiger partial charge is 0.383 e. The summed E-state index contributed by atoms with van der Waals surface area (Å²) in [6.07, 6.45) is 3.55. The smallest absolute Gasteiger partial charge is 0.226 e. The molecular weight excluding hydrogens is 322 g/mol. The standard InChI is InChI=1S/C18H22ClN5/c19-18-21-16(20)15-7-10-24(17(15)22-18)12-14-5-3-13(4-6-14)11-23-8-1-2-9-23/h3-6H,1-2,7-12H2,(H2,20,21,22). The van der Waals surface area contributed by atoms with E-state index < -0.39 is 0 Å². The molecule has 2 aromatic rings. The molecule has 0 saturated carbocycles. The van der Waals surface area contributed by atoms with Crippen LogP contribution < -0.4 is 10.6 Å². The molecule has 0 bridgehead atoms. The Morgan fingerprint density at radius 3 is 2.33 bits per heavy atom. The third-order valence-corrected chi connectivity index (χ3v) is 5.09. The first-order valence-corrected chi connectivity index (χ1v) is 8.94. The van der Waals surface area contributed by atoms with E-state index in [1.165, 1.54) is 37.1 Å². The average molecular weight is 344 g/mol. The number of hydrogen-bond donors (Lipinski definition) is 1. The van der Waals surface area contributed by atoms with E-state index in [4.69, 9.17) is 17.3 Å². The maximum atomic E-state index is 5.97. The zero-order chi connectivity index (χ0) is 16.5. The van der Waals surface area contributed by atoms with Gasteiger partial charge in [0.25, 0.3) is 0 Å². The maximum Gasteiger partial charge on any atom is 0.226 e. The third kappa shape index (κ3) is 3.19. The molecule has 0 spiro atoms. The molecular formula is C18H22ClN5. The van der Waals surface area contributed by atoms with Gasteiger partial charge in [-0.25, -0.2) is 9.97 Å². The molecule has 0 unspecified atom stereocenters. The minimum atomic E-state index is 0.221. The fourth-order valence-electron chi connectivity index (χ4n) is 3.64. The number of halogens is 1. The molecule has 2 N–H and O–H groups in total. The van der Waals surface area contributed by atoms with E-state index >= 15 is 0 Å². The molecule has 0 aliphatic carbocycles. The molecule has 3 heterocycles. The molecule has 24 heavy (non-hydrogen) atoms. The Hall–Kier alpha value is -1.85. The molecule has 1 aromatic carbocycles. The predicted octanol–water partition coefficient (Wildman–Crippen LogP) is 2.87. The number of hydrogen-bond acceptors (Lipinski definition) is 5. The molecule has 4 rings (SSSR count). The molecule has 5 nitrogen and oxygen atoms in total. The number of nitrogens with zero attached hydrogens (tertiary/aromatic N) is 4. The number of aromatic nitrogens is 2. The van der Waals surface area contributed by atoms with Crippen molar-refractivity contribution in [1.29, 1.82) is 0 Å². The van der Waals surface area contributed by atoms with E-state index in [1.54, 1.807) is 0 Å². The van der Waals surface area contributed by atoms with Crippen LogP contribution in [0.4, 0.5) is 11.6 Å². The summed E-state index contributed by atoms with van der Waals surface area (Å²) in [5.74, 6) is 1.39. The lowest BCUT2D eigenvalue weighted by atomic mass is 10.1. The molecule has 2 aliphatic heterocycles. The van der Waals surface area contributed by atoms with Gasteiger partial charge in [0, 0.05) is 25.2 Å². The van der Waals surface area contributed by atoms with E-state index in [0.717, 1.165) is 37.4 Å². The van der Waals surface area contributed by atoms with Gasteiger partial charge in [0.1, 0.15) is 11.6 Å². The van der Waals surface area contributed by atoms with Crippen LogP contribution in [0.15, 0.2) is 24.3 Å². The summed E-state index contributed by atoms with van der Waals surface area (Å²) >= 11 is 5.97. The molecule has 2 aliphatic rings. The van der Waals surface area contributed by atoms with Gasteiger partial charge in [0.05, 0.1) is 0 Å². The lowest BCUT2D eigenvalue weighted by Gasteiger charge is -2.19. The van der Waals surface area contributed by atoms with Gasteiger partial charge in [-0.3, -0.25) is 4.90 Å². The molecule has 0 radical (unpaired) electrons. The van der Waals surface area contributed by atoms with Crippen molar-refractivity contribution in [3.63, 3.8) is 0 Å². The van der Waals surface area contributed by atoms with Crippen LogP contribution in [-0.4, -0.2) is 34.5 Å². The third-order valence-electron chi connectivity index (χ3n) is 4.92. The Bertz CT molecular complexity index is 725.